The molecule has 2 rings (SSSR count). The van der Waals surface area contributed by atoms with Crippen molar-refractivity contribution < 1.29 is 4.79 Å². The summed E-state index contributed by atoms with van der Waals surface area (Å²) in [6.45, 7) is 4.36. The van der Waals surface area contributed by atoms with Gasteiger partial charge in [-0.05, 0) is 39.2 Å². The molecular weight excluding hydrogens is 228 g/mol. The summed E-state index contributed by atoms with van der Waals surface area (Å²) in [6.07, 6.45) is 5.03. The zero-order chi connectivity index (χ0) is 13.3. The van der Waals surface area contributed by atoms with Crippen molar-refractivity contribution in [3.05, 3.63) is 17.8 Å². The average Bonchev–Trinajstić information content (AvgIpc) is 2.30. The second kappa shape index (κ2) is 4.84. The minimum Gasteiger partial charge on any atom is -0.397 e. The van der Waals surface area contributed by atoms with E-state index in [9.17, 15) is 4.79 Å². The molecule has 2 atom stereocenters. The lowest BCUT2D eigenvalue weighted by Crippen LogP contribution is -2.44. The Labute approximate surface area is 107 Å². The highest BCUT2D eigenvalue weighted by Crippen LogP contribution is 2.29. The summed E-state index contributed by atoms with van der Waals surface area (Å²) >= 11 is 0. The molecule has 5 nitrogen and oxygen atoms in total. The summed E-state index contributed by atoms with van der Waals surface area (Å²) in [4.78, 5) is 17.9. The topological polar surface area (TPSA) is 85.2 Å². The molecule has 0 bridgehead atoms. The summed E-state index contributed by atoms with van der Waals surface area (Å²) < 4.78 is 0. The first-order valence-corrected chi connectivity index (χ1v) is 6.34. The second-order valence-corrected chi connectivity index (χ2v) is 5.03. The summed E-state index contributed by atoms with van der Waals surface area (Å²) in [5.74, 6) is 0.283. The van der Waals surface area contributed by atoms with Crippen LogP contribution in [-0.2, 0) is 0 Å². The van der Waals surface area contributed by atoms with E-state index in [0.717, 1.165) is 18.7 Å². The van der Waals surface area contributed by atoms with Gasteiger partial charge in [0.05, 0.1) is 17.4 Å². The van der Waals surface area contributed by atoms with E-state index in [2.05, 4.69) is 23.7 Å². The monoisotopic (exact) mass is 248 g/mol. The molecule has 0 saturated carbocycles. The maximum absolute atomic E-state index is 11.3. The van der Waals surface area contributed by atoms with Gasteiger partial charge in [-0.1, -0.05) is 0 Å². The maximum atomic E-state index is 11.3. The van der Waals surface area contributed by atoms with Gasteiger partial charge in [0.15, 0.2) is 0 Å². The highest BCUT2D eigenvalue weighted by atomic mass is 16.1. The van der Waals surface area contributed by atoms with Gasteiger partial charge in [-0.15, -0.1) is 0 Å². The molecule has 1 saturated heterocycles. The van der Waals surface area contributed by atoms with Crippen molar-refractivity contribution in [2.45, 2.75) is 45.2 Å². The quantitative estimate of drug-likeness (QED) is 0.831. The Hall–Kier alpha value is -1.78. The lowest BCUT2D eigenvalue weighted by atomic mass is 9.97. The fraction of sp³-hybridized carbons (Fsp3) is 0.538. The molecule has 98 valence electrons. The van der Waals surface area contributed by atoms with E-state index >= 15 is 0 Å². The summed E-state index contributed by atoms with van der Waals surface area (Å²) in [6, 6.07) is 2.55. The number of hydrogen-bond donors (Lipinski definition) is 2. The Bertz CT molecular complexity index is 450. The SMILES string of the molecule is CC1CCCC(C)N1c1cc(C(N)=O)c(N)cn1. The van der Waals surface area contributed by atoms with Crippen LogP contribution in [0.3, 0.4) is 0 Å². The number of carbonyl (C=O) groups is 1. The number of rotatable bonds is 2. The normalized spacial score (nSPS) is 24.0. The van der Waals surface area contributed by atoms with Crippen LogP contribution in [0.2, 0.25) is 0 Å². The third kappa shape index (κ3) is 2.25. The van der Waals surface area contributed by atoms with E-state index in [-0.39, 0.29) is 0 Å². The van der Waals surface area contributed by atoms with Crippen LogP contribution in [0.4, 0.5) is 11.5 Å². The van der Waals surface area contributed by atoms with E-state index in [1.807, 2.05) is 0 Å². The van der Waals surface area contributed by atoms with Gasteiger partial charge in [0.25, 0.3) is 5.91 Å². The van der Waals surface area contributed by atoms with Crippen molar-refractivity contribution in [1.82, 2.24) is 4.98 Å². The van der Waals surface area contributed by atoms with Crippen LogP contribution in [0.15, 0.2) is 12.3 Å². The van der Waals surface area contributed by atoms with E-state index in [1.54, 1.807) is 6.07 Å². The van der Waals surface area contributed by atoms with E-state index < -0.39 is 5.91 Å². The molecule has 1 fully saturated rings. The number of piperidine rings is 1. The zero-order valence-corrected chi connectivity index (χ0v) is 10.9. The predicted molar refractivity (Wildman–Crippen MR) is 72.4 cm³/mol. The van der Waals surface area contributed by atoms with Crippen molar-refractivity contribution in [2.75, 3.05) is 10.6 Å². The molecule has 18 heavy (non-hydrogen) atoms. The zero-order valence-electron chi connectivity index (χ0n) is 10.9. The molecule has 0 aliphatic carbocycles. The Morgan fingerprint density at radius 1 is 1.39 bits per heavy atom. The number of nitrogens with two attached hydrogens (primary N) is 2. The van der Waals surface area contributed by atoms with Crippen molar-refractivity contribution in [1.29, 1.82) is 0 Å². The van der Waals surface area contributed by atoms with Crippen LogP contribution in [0.25, 0.3) is 0 Å². The molecule has 2 unspecified atom stereocenters. The smallest absolute Gasteiger partial charge is 0.250 e. The Morgan fingerprint density at radius 2 is 2.00 bits per heavy atom. The highest BCUT2D eigenvalue weighted by Gasteiger charge is 2.26. The second-order valence-electron chi connectivity index (χ2n) is 5.03. The third-order valence-electron chi connectivity index (χ3n) is 3.64. The van der Waals surface area contributed by atoms with Gasteiger partial charge < -0.3 is 16.4 Å². The standard InChI is InChI=1S/C13H20N4O/c1-8-4-3-5-9(2)17(8)12-6-10(13(15)18)11(14)7-16-12/h6-9H,3-5,14H2,1-2H3,(H2,15,18). The van der Waals surface area contributed by atoms with Crippen LogP contribution in [0, 0.1) is 0 Å². The first-order chi connectivity index (χ1) is 8.50. The Kier molecular flexibility index (Phi) is 3.41. The molecule has 4 N–H and O–H groups in total. The number of aromatic nitrogens is 1. The molecular formula is C13H20N4O. The van der Waals surface area contributed by atoms with Crippen molar-refractivity contribution in [3.8, 4) is 0 Å². The van der Waals surface area contributed by atoms with Gasteiger partial charge in [-0.25, -0.2) is 4.98 Å². The molecule has 1 amide bonds. The number of carbonyl (C=O) groups excluding carboxylic acids is 1. The Balaban J connectivity index is 2.38. The number of hydrogen-bond acceptors (Lipinski definition) is 4. The first-order valence-electron chi connectivity index (χ1n) is 6.34. The number of anilines is 2. The fourth-order valence-corrected chi connectivity index (χ4v) is 2.68. The van der Waals surface area contributed by atoms with Gasteiger partial charge in [0, 0.05) is 12.1 Å². The number of amides is 1. The van der Waals surface area contributed by atoms with Crippen LogP contribution >= 0.6 is 0 Å². The van der Waals surface area contributed by atoms with Gasteiger partial charge in [-0.3, -0.25) is 4.79 Å². The number of nitrogen functional groups attached to an aromatic ring is 1. The van der Waals surface area contributed by atoms with Gasteiger partial charge >= 0.3 is 0 Å². The van der Waals surface area contributed by atoms with Crippen LogP contribution in [-0.4, -0.2) is 23.0 Å². The largest absolute Gasteiger partial charge is 0.397 e. The van der Waals surface area contributed by atoms with Gasteiger partial charge in [-0.2, -0.15) is 0 Å². The Morgan fingerprint density at radius 3 is 2.56 bits per heavy atom. The van der Waals surface area contributed by atoms with E-state index in [4.69, 9.17) is 11.5 Å². The molecule has 1 aromatic heterocycles. The molecule has 5 heteroatoms. The van der Waals surface area contributed by atoms with Crippen LogP contribution < -0.4 is 16.4 Å². The van der Waals surface area contributed by atoms with E-state index in [1.165, 1.54) is 12.6 Å². The molecule has 1 aromatic rings. The first kappa shape index (κ1) is 12.7. The van der Waals surface area contributed by atoms with Crippen molar-refractivity contribution in [2.24, 2.45) is 5.73 Å². The molecule has 1 aliphatic rings. The summed E-state index contributed by atoms with van der Waals surface area (Å²) in [5, 5.41) is 0. The molecule has 0 aromatic carbocycles. The maximum Gasteiger partial charge on any atom is 0.250 e. The average molecular weight is 248 g/mol. The van der Waals surface area contributed by atoms with Crippen molar-refractivity contribution in [3.63, 3.8) is 0 Å². The van der Waals surface area contributed by atoms with E-state index in [0.29, 0.717) is 23.3 Å². The summed E-state index contributed by atoms with van der Waals surface area (Å²) in [5.41, 5.74) is 11.7. The number of primary amides is 1. The lowest BCUT2D eigenvalue weighted by molar-refractivity contribution is 0.100. The summed E-state index contributed by atoms with van der Waals surface area (Å²) in [7, 11) is 0. The minimum absolute atomic E-state index is 0.337. The highest BCUT2D eigenvalue weighted by molar-refractivity contribution is 5.98. The van der Waals surface area contributed by atoms with Crippen molar-refractivity contribution >= 4 is 17.4 Å². The molecule has 2 heterocycles. The fourth-order valence-electron chi connectivity index (χ4n) is 2.68. The van der Waals surface area contributed by atoms with Gasteiger partial charge in [0.2, 0.25) is 0 Å². The number of nitrogens with zero attached hydrogens (tertiary/aromatic N) is 2. The molecule has 0 radical (unpaired) electrons. The molecule has 1 aliphatic heterocycles. The lowest BCUT2D eigenvalue weighted by Gasteiger charge is -2.40. The van der Waals surface area contributed by atoms with Crippen LogP contribution in [0.1, 0.15) is 43.5 Å². The predicted octanol–water partition coefficient (Wildman–Crippen LogP) is 1.53. The minimum atomic E-state index is -0.506. The van der Waals surface area contributed by atoms with Gasteiger partial charge in [0.1, 0.15) is 5.82 Å². The number of pyridine rings is 1. The molecule has 0 spiro atoms. The van der Waals surface area contributed by atoms with Crippen LogP contribution in [0.5, 0.6) is 0 Å². The third-order valence-corrected chi connectivity index (χ3v) is 3.64.